The Morgan fingerprint density at radius 2 is 2.23 bits per heavy atom. The maximum atomic E-state index is 10.3. The summed E-state index contributed by atoms with van der Waals surface area (Å²) in [5.41, 5.74) is 0.207. The Balaban J connectivity index is 2.15. The van der Waals surface area contributed by atoms with Crippen molar-refractivity contribution in [3.8, 4) is 5.75 Å². The minimum absolute atomic E-state index is 0.207. The molecule has 2 aliphatic rings. The van der Waals surface area contributed by atoms with Crippen LogP contribution in [0.4, 0.5) is 5.69 Å². The maximum Gasteiger partial charge on any atom is 0.278 e. The highest BCUT2D eigenvalue weighted by Crippen LogP contribution is 2.33. The topological polar surface area (TPSA) is 52.4 Å². The molecular formula is C9H9NO3. The predicted molar refractivity (Wildman–Crippen MR) is 46.6 cm³/mol. The summed E-state index contributed by atoms with van der Waals surface area (Å²) in [6.45, 7) is 2.69. The third kappa shape index (κ3) is 1.06. The third-order valence-electron chi connectivity index (χ3n) is 2.05. The Bertz CT molecular complexity index is 453. The molecule has 0 amide bonds. The van der Waals surface area contributed by atoms with Gasteiger partial charge < -0.3 is 4.74 Å². The number of nitrogens with zero attached hydrogens (tertiary/aromatic N) is 1. The summed E-state index contributed by atoms with van der Waals surface area (Å²) in [4.78, 5) is 9.96. The largest absolute Gasteiger partial charge is 0.493 e. The van der Waals surface area contributed by atoms with E-state index in [2.05, 4.69) is 0 Å². The van der Waals surface area contributed by atoms with E-state index in [0.29, 0.717) is 6.61 Å². The van der Waals surface area contributed by atoms with Crippen LogP contribution in [-0.4, -0.2) is 11.5 Å². The summed E-state index contributed by atoms with van der Waals surface area (Å²) < 4.78 is 5.33. The molecule has 0 radical (unpaired) electrons. The number of non-ortho nitro benzene ring substituents is 1. The highest BCUT2D eigenvalue weighted by atomic mass is 16.6. The molecule has 0 aromatic carbocycles. The fourth-order valence-electron chi connectivity index (χ4n) is 1.32. The molecule has 4 nitrogen and oxygen atoms in total. The van der Waals surface area contributed by atoms with Crippen molar-refractivity contribution < 1.29 is 9.66 Å². The first kappa shape index (κ1) is 8.04. The van der Waals surface area contributed by atoms with Gasteiger partial charge in [0.25, 0.3) is 5.69 Å². The zero-order chi connectivity index (χ0) is 9.42. The van der Waals surface area contributed by atoms with E-state index >= 15 is 0 Å². The second-order valence-corrected chi connectivity index (χ2v) is 2.97. The maximum absolute atomic E-state index is 10.3. The molecule has 0 heterocycles. The van der Waals surface area contributed by atoms with Crippen LogP contribution in [0.5, 0.6) is 5.75 Å². The van der Waals surface area contributed by atoms with E-state index < -0.39 is 0 Å². The number of hydrogen-bond acceptors (Lipinski definition) is 3. The van der Waals surface area contributed by atoms with Crippen molar-refractivity contribution >= 4 is 5.69 Å². The van der Waals surface area contributed by atoms with Gasteiger partial charge >= 0.3 is 0 Å². The average molecular weight is 179 g/mol. The third-order valence-corrected chi connectivity index (χ3v) is 2.05. The lowest BCUT2D eigenvalue weighted by atomic mass is 10.0. The second kappa shape index (κ2) is 2.73. The standard InChI is InChI=1S/C9H9NO3/c1-2-3-13-9-5-6-7(9)4-8(6)10(11)12/h4-5H,2-3H2,1H3. The van der Waals surface area contributed by atoms with E-state index in [9.17, 15) is 10.1 Å². The Hall–Kier alpha value is -1.58. The van der Waals surface area contributed by atoms with Gasteiger partial charge in [-0.05, 0) is 12.5 Å². The number of rotatable bonds is 4. The van der Waals surface area contributed by atoms with Crippen LogP contribution in [0.25, 0.3) is 0 Å². The molecule has 0 saturated heterocycles. The molecule has 0 aliphatic heterocycles. The van der Waals surface area contributed by atoms with E-state index in [-0.39, 0.29) is 10.6 Å². The lowest BCUT2D eigenvalue weighted by Crippen LogP contribution is -2.04. The lowest BCUT2D eigenvalue weighted by Gasteiger charge is -2.12. The molecule has 0 fully saturated rings. The van der Waals surface area contributed by atoms with Crippen molar-refractivity contribution in [3.05, 3.63) is 32.7 Å². The molecule has 68 valence electrons. The van der Waals surface area contributed by atoms with Gasteiger partial charge in [0.1, 0.15) is 5.75 Å². The van der Waals surface area contributed by atoms with Crippen LogP contribution >= 0.6 is 0 Å². The molecule has 0 N–H and O–H groups in total. The van der Waals surface area contributed by atoms with Crippen LogP contribution in [0.2, 0.25) is 0 Å². The monoisotopic (exact) mass is 179 g/mol. The van der Waals surface area contributed by atoms with Gasteiger partial charge in [0.05, 0.1) is 16.7 Å². The first-order chi connectivity index (χ1) is 6.24. The summed E-state index contributed by atoms with van der Waals surface area (Å²) in [5, 5.41) is 12.0. The molecule has 0 aromatic heterocycles. The Morgan fingerprint density at radius 3 is 2.69 bits per heavy atom. The average Bonchev–Trinajstić information content (AvgIpc) is 2.06. The minimum atomic E-state index is -0.369. The van der Waals surface area contributed by atoms with Crippen molar-refractivity contribution in [1.29, 1.82) is 0 Å². The SMILES string of the molecule is CCCOc1cc2c([N+](=O)[O-])cc1=2. The fraction of sp³-hybridized carbons (Fsp3) is 0.333. The molecule has 0 spiro atoms. The molecule has 13 heavy (non-hydrogen) atoms. The van der Waals surface area contributed by atoms with Crippen LogP contribution < -0.4 is 4.74 Å². The molecule has 0 unspecified atom stereocenters. The zero-order valence-corrected chi connectivity index (χ0v) is 7.24. The van der Waals surface area contributed by atoms with Crippen molar-refractivity contribution in [1.82, 2.24) is 0 Å². The highest BCUT2D eigenvalue weighted by Gasteiger charge is 2.21. The first-order valence-corrected chi connectivity index (χ1v) is 4.19. The van der Waals surface area contributed by atoms with E-state index in [1.807, 2.05) is 6.92 Å². The zero-order valence-electron chi connectivity index (χ0n) is 7.24. The molecular weight excluding hydrogens is 170 g/mol. The van der Waals surface area contributed by atoms with Crippen molar-refractivity contribution in [2.24, 2.45) is 0 Å². The van der Waals surface area contributed by atoms with Crippen LogP contribution in [0.3, 0.4) is 0 Å². The van der Waals surface area contributed by atoms with Crippen LogP contribution in [0, 0.1) is 20.6 Å². The molecule has 0 atom stereocenters. The summed E-state index contributed by atoms with van der Waals surface area (Å²) in [6, 6.07) is 3.28. The molecule has 2 rings (SSSR count). The highest BCUT2D eigenvalue weighted by molar-refractivity contribution is 5.52. The fourth-order valence-corrected chi connectivity index (χ4v) is 1.32. The molecule has 0 saturated carbocycles. The van der Waals surface area contributed by atoms with Gasteiger partial charge in [0.15, 0.2) is 0 Å². The molecule has 4 heteroatoms. The number of nitro benzene ring substituents is 1. The summed E-state index contributed by atoms with van der Waals surface area (Å²) in [7, 11) is 0. The quantitative estimate of drug-likeness (QED) is 0.532. The molecule has 0 bridgehead atoms. The molecule has 2 aliphatic carbocycles. The van der Waals surface area contributed by atoms with Gasteiger partial charge in [-0.3, -0.25) is 10.1 Å². The lowest BCUT2D eigenvalue weighted by molar-refractivity contribution is -0.386. The van der Waals surface area contributed by atoms with Gasteiger partial charge in [-0.15, -0.1) is 0 Å². The van der Waals surface area contributed by atoms with E-state index in [4.69, 9.17) is 4.74 Å². The van der Waals surface area contributed by atoms with Crippen LogP contribution in [0.1, 0.15) is 13.3 Å². The summed E-state index contributed by atoms with van der Waals surface area (Å²) in [6.07, 6.45) is 0.950. The van der Waals surface area contributed by atoms with E-state index in [1.54, 1.807) is 12.1 Å². The molecule has 0 aromatic rings. The smallest absolute Gasteiger partial charge is 0.278 e. The van der Waals surface area contributed by atoms with Crippen molar-refractivity contribution in [2.45, 2.75) is 13.3 Å². The van der Waals surface area contributed by atoms with Crippen molar-refractivity contribution in [3.63, 3.8) is 0 Å². The van der Waals surface area contributed by atoms with Gasteiger partial charge in [-0.1, -0.05) is 6.92 Å². The van der Waals surface area contributed by atoms with Crippen molar-refractivity contribution in [2.75, 3.05) is 6.61 Å². The summed E-state index contributed by atoms with van der Waals surface area (Å²) >= 11 is 0. The van der Waals surface area contributed by atoms with E-state index in [0.717, 1.165) is 22.6 Å². The first-order valence-electron chi connectivity index (χ1n) is 4.19. The van der Waals surface area contributed by atoms with Crippen LogP contribution in [-0.2, 0) is 0 Å². The second-order valence-electron chi connectivity index (χ2n) is 2.97. The van der Waals surface area contributed by atoms with Gasteiger partial charge in [0.2, 0.25) is 0 Å². The van der Waals surface area contributed by atoms with E-state index in [1.165, 1.54) is 0 Å². The Kier molecular flexibility index (Phi) is 1.69. The Labute approximate surface area is 74.6 Å². The Morgan fingerprint density at radius 1 is 1.46 bits per heavy atom. The summed E-state index contributed by atoms with van der Waals surface area (Å²) in [5.74, 6) is 0.794. The van der Waals surface area contributed by atoms with Gasteiger partial charge in [0, 0.05) is 11.3 Å². The predicted octanol–water partition coefficient (Wildman–Crippen LogP) is 1.98. The number of ether oxygens (including phenoxy) is 1. The number of nitro groups is 1. The minimum Gasteiger partial charge on any atom is -0.493 e. The normalized spacial score (nSPS) is 11.2. The van der Waals surface area contributed by atoms with Gasteiger partial charge in [-0.2, -0.15) is 0 Å². The number of benzene rings is 1. The van der Waals surface area contributed by atoms with Gasteiger partial charge in [-0.25, -0.2) is 0 Å². The number of hydrogen-bond donors (Lipinski definition) is 0. The van der Waals surface area contributed by atoms with Crippen LogP contribution in [0.15, 0.2) is 12.1 Å².